The molecule has 6 heteroatoms. The minimum Gasteiger partial charge on any atom is -0.409 e. The lowest BCUT2D eigenvalue weighted by atomic mass is 9.88. The van der Waals surface area contributed by atoms with E-state index in [4.69, 9.17) is 10.9 Å². The highest BCUT2D eigenvalue weighted by molar-refractivity contribution is 5.85. The van der Waals surface area contributed by atoms with Crippen molar-refractivity contribution in [2.45, 2.75) is 33.6 Å². The molecule has 1 amide bonds. The summed E-state index contributed by atoms with van der Waals surface area (Å²) in [6.07, 6.45) is 1.22. The third-order valence-electron chi connectivity index (χ3n) is 2.63. The van der Waals surface area contributed by atoms with Gasteiger partial charge in [-0.1, -0.05) is 19.0 Å². The average Bonchev–Trinajstić information content (AvgIpc) is 2.27. The fourth-order valence-electron chi connectivity index (χ4n) is 1.28. The standard InChI is InChI=1S/C11H24N4O2/c1-4-14-9(16)5-7-13-8-6-11(2,3)10(12)15-17/h13,17H,4-8H2,1-3H3,(H2,12,15)(H,14,16). The van der Waals surface area contributed by atoms with Gasteiger partial charge in [0.2, 0.25) is 5.91 Å². The topological polar surface area (TPSA) is 99.7 Å². The number of carbonyl (C=O) groups is 1. The smallest absolute Gasteiger partial charge is 0.221 e. The molecule has 0 spiro atoms. The summed E-state index contributed by atoms with van der Waals surface area (Å²) in [7, 11) is 0. The van der Waals surface area contributed by atoms with Crippen LogP contribution >= 0.6 is 0 Å². The highest BCUT2D eigenvalue weighted by Crippen LogP contribution is 2.19. The van der Waals surface area contributed by atoms with E-state index in [2.05, 4.69) is 15.8 Å². The van der Waals surface area contributed by atoms with Crippen molar-refractivity contribution in [1.29, 1.82) is 0 Å². The van der Waals surface area contributed by atoms with Crippen LogP contribution in [0.2, 0.25) is 0 Å². The van der Waals surface area contributed by atoms with Crippen molar-refractivity contribution in [3.05, 3.63) is 0 Å². The second-order valence-corrected chi connectivity index (χ2v) is 4.57. The Morgan fingerprint density at radius 3 is 2.59 bits per heavy atom. The molecule has 0 fully saturated rings. The van der Waals surface area contributed by atoms with Crippen molar-refractivity contribution in [3.8, 4) is 0 Å². The van der Waals surface area contributed by atoms with E-state index in [0.717, 1.165) is 13.0 Å². The molecule has 0 aromatic carbocycles. The van der Waals surface area contributed by atoms with Crippen LogP contribution in [0.5, 0.6) is 0 Å². The molecule has 0 rings (SSSR count). The number of amides is 1. The number of carbonyl (C=O) groups excluding carboxylic acids is 1. The third kappa shape index (κ3) is 6.78. The molecule has 0 aliphatic carbocycles. The van der Waals surface area contributed by atoms with Crippen LogP contribution in [0.3, 0.4) is 0 Å². The molecule has 0 saturated heterocycles. The SMILES string of the molecule is CCNC(=O)CCNCCC(C)(C)C(N)=NO. The first-order valence-corrected chi connectivity index (χ1v) is 5.89. The van der Waals surface area contributed by atoms with Gasteiger partial charge in [0.25, 0.3) is 0 Å². The van der Waals surface area contributed by atoms with E-state index in [0.29, 0.717) is 19.5 Å². The Labute approximate surface area is 103 Å². The molecule has 0 saturated carbocycles. The minimum atomic E-state index is -0.340. The first-order valence-electron chi connectivity index (χ1n) is 5.89. The van der Waals surface area contributed by atoms with E-state index >= 15 is 0 Å². The highest BCUT2D eigenvalue weighted by atomic mass is 16.4. The Balaban J connectivity index is 3.68. The first kappa shape index (κ1) is 15.7. The molecule has 17 heavy (non-hydrogen) atoms. The van der Waals surface area contributed by atoms with Crippen LogP contribution in [-0.4, -0.2) is 36.6 Å². The highest BCUT2D eigenvalue weighted by Gasteiger charge is 2.22. The Kier molecular flexibility index (Phi) is 7.29. The molecule has 0 aliphatic rings. The molecule has 0 heterocycles. The van der Waals surface area contributed by atoms with Gasteiger partial charge in [0.15, 0.2) is 0 Å². The van der Waals surface area contributed by atoms with Crippen LogP contribution in [-0.2, 0) is 4.79 Å². The van der Waals surface area contributed by atoms with Crippen molar-refractivity contribution in [2.24, 2.45) is 16.3 Å². The summed E-state index contributed by atoms with van der Waals surface area (Å²) in [6.45, 7) is 7.74. The van der Waals surface area contributed by atoms with Crippen LogP contribution in [0, 0.1) is 5.41 Å². The van der Waals surface area contributed by atoms with E-state index < -0.39 is 0 Å². The number of nitrogens with zero attached hydrogens (tertiary/aromatic N) is 1. The summed E-state index contributed by atoms with van der Waals surface area (Å²) >= 11 is 0. The van der Waals surface area contributed by atoms with Gasteiger partial charge in [-0.3, -0.25) is 4.79 Å². The maximum Gasteiger partial charge on any atom is 0.221 e. The first-order chi connectivity index (χ1) is 7.94. The van der Waals surface area contributed by atoms with Crippen LogP contribution in [0.25, 0.3) is 0 Å². The number of hydrogen-bond donors (Lipinski definition) is 4. The molecule has 0 aromatic heterocycles. The van der Waals surface area contributed by atoms with Gasteiger partial charge in [-0.25, -0.2) is 0 Å². The monoisotopic (exact) mass is 244 g/mol. The molecule has 5 N–H and O–H groups in total. The predicted octanol–water partition coefficient (Wildman–Crippen LogP) is 0.265. The Morgan fingerprint density at radius 2 is 2.06 bits per heavy atom. The molecule has 0 bridgehead atoms. The van der Waals surface area contributed by atoms with E-state index in [1.807, 2.05) is 20.8 Å². The Morgan fingerprint density at radius 1 is 1.41 bits per heavy atom. The molecule has 6 nitrogen and oxygen atoms in total. The van der Waals surface area contributed by atoms with E-state index in [-0.39, 0.29) is 17.2 Å². The molecular weight excluding hydrogens is 220 g/mol. The van der Waals surface area contributed by atoms with Crippen molar-refractivity contribution >= 4 is 11.7 Å². The predicted molar refractivity (Wildman–Crippen MR) is 68.0 cm³/mol. The van der Waals surface area contributed by atoms with Gasteiger partial charge in [0, 0.05) is 24.9 Å². The number of hydrogen-bond acceptors (Lipinski definition) is 4. The summed E-state index contributed by atoms with van der Waals surface area (Å²) in [5.74, 6) is 0.277. The maximum absolute atomic E-state index is 11.1. The lowest BCUT2D eigenvalue weighted by molar-refractivity contribution is -0.120. The summed E-state index contributed by atoms with van der Waals surface area (Å²) in [5, 5.41) is 17.5. The number of oxime groups is 1. The zero-order chi connectivity index (χ0) is 13.3. The van der Waals surface area contributed by atoms with E-state index in [1.165, 1.54) is 0 Å². The third-order valence-corrected chi connectivity index (χ3v) is 2.63. The molecule has 0 aliphatic heterocycles. The van der Waals surface area contributed by atoms with Crippen molar-refractivity contribution in [1.82, 2.24) is 10.6 Å². The number of nitrogens with one attached hydrogen (secondary N) is 2. The Hall–Kier alpha value is -1.30. The second-order valence-electron chi connectivity index (χ2n) is 4.57. The quantitative estimate of drug-likeness (QED) is 0.162. The van der Waals surface area contributed by atoms with Crippen molar-refractivity contribution < 1.29 is 10.0 Å². The van der Waals surface area contributed by atoms with Crippen molar-refractivity contribution in [3.63, 3.8) is 0 Å². The van der Waals surface area contributed by atoms with Gasteiger partial charge < -0.3 is 21.6 Å². The van der Waals surface area contributed by atoms with Gasteiger partial charge in [-0.15, -0.1) is 0 Å². The summed E-state index contributed by atoms with van der Waals surface area (Å²) in [4.78, 5) is 11.1. The Bertz CT molecular complexity index is 264. The van der Waals surface area contributed by atoms with E-state index in [1.54, 1.807) is 0 Å². The number of rotatable bonds is 8. The van der Waals surface area contributed by atoms with Crippen LogP contribution in [0.4, 0.5) is 0 Å². The van der Waals surface area contributed by atoms with Gasteiger partial charge in [0.1, 0.15) is 5.84 Å². The lowest BCUT2D eigenvalue weighted by Crippen LogP contribution is -2.35. The van der Waals surface area contributed by atoms with Crippen LogP contribution < -0.4 is 16.4 Å². The van der Waals surface area contributed by atoms with E-state index in [9.17, 15) is 4.79 Å². The zero-order valence-electron chi connectivity index (χ0n) is 10.9. The van der Waals surface area contributed by atoms with Gasteiger partial charge in [-0.2, -0.15) is 0 Å². The number of nitrogens with two attached hydrogens (primary N) is 1. The lowest BCUT2D eigenvalue weighted by Gasteiger charge is -2.22. The van der Waals surface area contributed by atoms with Crippen LogP contribution in [0.1, 0.15) is 33.6 Å². The normalized spacial score (nSPS) is 12.5. The zero-order valence-corrected chi connectivity index (χ0v) is 10.9. The van der Waals surface area contributed by atoms with Gasteiger partial charge >= 0.3 is 0 Å². The van der Waals surface area contributed by atoms with Crippen LogP contribution in [0.15, 0.2) is 5.16 Å². The number of amidine groups is 1. The maximum atomic E-state index is 11.1. The molecule has 0 unspecified atom stereocenters. The largest absolute Gasteiger partial charge is 0.409 e. The minimum absolute atomic E-state index is 0.0516. The summed E-state index contributed by atoms with van der Waals surface area (Å²) < 4.78 is 0. The van der Waals surface area contributed by atoms with Gasteiger partial charge in [0.05, 0.1) is 0 Å². The van der Waals surface area contributed by atoms with Crippen molar-refractivity contribution in [2.75, 3.05) is 19.6 Å². The molecule has 0 atom stereocenters. The van der Waals surface area contributed by atoms with Gasteiger partial charge in [-0.05, 0) is 19.9 Å². The second kappa shape index (κ2) is 7.89. The average molecular weight is 244 g/mol. The fourth-order valence-corrected chi connectivity index (χ4v) is 1.28. The summed E-state index contributed by atoms with van der Waals surface area (Å²) in [6, 6.07) is 0. The molecule has 0 aromatic rings. The molecular formula is C11H24N4O2. The molecule has 0 radical (unpaired) electrons. The summed E-state index contributed by atoms with van der Waals surface area (Å²) in [5.41, 5.74) is 5.22. The molecule has 100 valence electrons. The fraction of sp³-hybridized carbons (Fsp3) is 0.818.